The van der Waals surface area contributed by atoms with E-state index in [0.717, 1.165) is 5.56 Å². The average molecular weight is 429 g/mol. The van der Waals surface area contributed by atoms with Crippen molar-refractivity contribution in [2.45, 2.75) is 38.8 Å². The minimum Gasteiger partial charge on any atom is -0.497 e. The van der Waals surface area contributed by atoms with Crippen molar-refractivity contribution in [1.29, 1.82) is 0 Å². The second-order valence-corrected chi connectivity index (χ2v) is 7.81. The number of anilines is 1. The van der Waals surface area contributed by atoms with Crippen molar-refractivity contribution in [2.75, 3.05) is 12.4 Å². The molecule has 1 aromatic heterocycles. The first-order chi connectivity index (χ1) is 14.4. The van der Waals surface area contributed by atoms with Gasteiger partial charge in [0.05, 0.1) is 7.11 Å². The Morgan fingerprint density at radius 3 is 2.63 bits per heavy atom. The van der Waals surface area contributed by atoms with Gasteiger partial charge in [0.2, 0.25) is 5.13 Å². The van der Waals surface area contributed by atoms with Crippen LogP contribution in [0.2, 0.25) is 0 Å². The fourth-order valence-electron chi connectivity index (χ4n) is 3.05. The molecule has 30 heavy (non-hydrogen) atoms. The summed E-state index contributed by atoms with van der Waals surface area (Å²) in [5.41, 5.74) is 8.29. The Morgan fingerprint density at radius 2 is 2.00 bits per heavy atom. The molecule has 2 unspecified atom stereocenters. The van der Waals surface area contributed by atoms with Gasteiger partial charge in [0.25, 0.3) is 0 Å². The average Bonchev–Trinajstić information content (AvgIpc) is 3.20. The maximum Gasteiger partial charge on any atom is 0.203 e. The largest absolute Gasteiger partial charge is 0.497 e. The predicted molar refractivity (Wildman–Crippen MR) is 117 cm³/mol. The topological polar surface area (TPSA) is 90.1 Å². The molecule has 3 rings (SSSR count). The van der Waals surface area contributed by atoms with Crippen LogP contribution in [0.25, 0.3) is 0 Å². The summed E-state index contributed by atoms with van der Waals surface area (Å²) in [4.78, 5) is 17.5. The van der Waals surface area contributed by atoms with Crippen LogP contribution >= 0.6 is 11.5 Å². The van der Waals surface area contributed by atoms with Crippen LogP contribution in [0, 0.1) is 12.7 Å². The van der Waals surface area contributed by atoms with Crippen LogP contribution in [0.3, 0.4) is 0 Å². The number of ketones is 1. The van der Waals surface area contributed by atoms with Crippen molar-refractivity contribution in [3.05, 3.63) is 70.8 Å². The molecule has 0 saturated heterocycles. The van der Waals surface area contributed by atoms with E-state index in [0.29, 0.717) is 40.7 Å². The summed E-state index contributed by atoms with van der Waals surface area (Å²) in [7, 11) is 1.58. The third-order valence-electron chi connectivity index (χ3n) is 4.89. The van der Waals surface area contributed by atoms with Gasteiger partial charge >= 0.3 is 0 Å². The van der Waals surface area contributed by atoms with Gasteiger partial charge < -0.3 is 15.8 Å². The summed E-state index contributed by atoms with van der Waals surface area (Å²) in [5.74, 6) is 0.938. The summed E-state index contributed by atoms with van der Waals surface area (Å²) in [6.45, 7) is 3.66. The molecule has 0 spiro atoms. The number of nitrogens with one attached hydrogen (secondary N) is 1. The molecular formula is C22H25FN4O2S. The van der Waals surface area contributed by atoms with E-state index in [1.165, 1.54) is 17.6 Å². The number of hydrogen-bond donors (Lipinski definition) is 2. The number of methoxy groups -OCH3 is 1. The second-order valence-electron chi connectivity index (χ2n) is 7.06. The van der Waals surface area contributed by atoms with Crippen molar-refractivity contribution in [2.24, 2.45) is 5.73 Å². The van der Waals surface area contributed by atoms with Crippen LogP contribution in [0.1, 0.15) is 40.7 Å². The normalized spacial score (nSPS) is 13.0. The molecule has 0 radical (unpaired) electrons. The number of nitrogens with two attached hydrogens (primary N) is 1. The molecule has 158 valence electrons. The number of aromatic nitrogens is 2. The summed E-state index contributed by atoms with van der Waals surface area (Å²) in [6.07, 6.45) is 1.11. The van der Waals surface area contributed by atoms with Crippen molar-refractivity contribution >= 4 is 22.4 Å². The van der Waals surface area contributed by atoms with Gasteiger partial charge in [0, 0.05) is 29.6 Å². The standard InChI is InChI=1S/C22H25FN4O2S/c1-4-18(24)20(21(28)15-6-8-16(29-3)9-7-15)26-22-25-19(27-30-22)12-14-5-10-17(23)13(2)11-14/h5-11,18,20H,4,12,24H2,1-3H3,(H,25,26,27). The third-order valence-corrected chi connectivity index (χ3v) is 5.57. The van der Waals surface area contributed by atoms with E-state index < -0.39 is 6.04 Å². The Hall–Kier alpha value is -2.84. The lowest BCUT2D eigenvalue weighted by Gasteiger charge is -2.22. The van der Waals surface area contributed by atoms with E-state index in [4.69, 9.17) is 10.5 Å². The molecule has 0 fully saturated rings. The van der Waals surface area contributed by atoms with Crippen LogP contribution in [-0.4, -0.2) is 34.3 Å². The van der Waals surface area contributed by atoms with Crippen LogP contribution < -0.4 is 15.8 Å². The zero-order valence-electron chi connectivity index (χ0n) is 17.2. The first-order valence-electron chi connectivity index (χ1n) is 9.69. The first kappa shape index (κ1) is 21.9. The van der Waals surface area contributed by atoms with Crippen LogP contribution in [0.15, 0.2) is 42.5 Å². The smallest absolute Gasteiger partial charge is 0.203 e. The molecule has 8 heteroatoms. The zero-order chi connectivity index (χ0) is 21.7. The summed E-state index contributed by atoms with van der Waals surface area (Å²) in [6, 6.07) is 10.9. The van der Waals surface area contributed by atoms with Gasteiger partial charge in [-0.1, -0.05) is 19.1 Å². The number of hydrogen-bond acceptors (Lipinski definition) is 7. The number of benzene rings is 2. The molecule has 1 heterocycles. The molecule has 2 atom stereocenters. The van der Waals surface area contributed by atoms with Crippen molar-refractivity contribution in [3.63, 3.8) is 0 Å². The Kier molecular flexibility index (Phi) is 7.12. The molecule has 0 aliphatic rings. The molecule has 0 saturated carbocycles. The fourth-order valence-corrected chi connectivity index (χ4v) is 3.68. The molecule has 0 aliphatic heterocycles. The summed E-state index contributed by atoms with van der Waals surface area (Å²) >= 11 is 1.18. The van der Waals surface area contributed by atoms with Gasteiger partial charge in [-0.25, -0.2) is 9.37 Å². The van der Waals surface area contributed by atoms with Crippen LogP contribution in [0.4, 0.5) is 9.52 Å². The maximum absolute atomic E-state index is 13.5. The molecule has 6 nitrogen and oxygen atoms in total. The summed E-state index contributed by atoms with van der Waals surface area (Å²) < 4.78 is 23.0. The van der Waals surface area contributed by atoms with Crippen molar-refractivity contribution < 1.29 is 13.9 Å². The number of halogens is 1. The van der Waals surface area contributed by atoms with Gasteiger partial charge in [-0.05, 0) is 54.8 Å². The number of nitrogens with zero attached hydrogens (tertiary/aromatic N) is 2. The lowest BCUT2D eigenvalue weighted by molar-refractivity contribution is 0.0958. The second kappa shape index (κ2) is 9.77. The SMILES string of the molecule is CCC(N)C(Nc1nc(Cc2ccc(F)c(C)c2)ns1)C(=O)c1ccc(OC)cc1. The van der Waals surface area contributed by atoms with E-state index in [-0.39, 0.29) is 17.6 Å². The van der Waals surface area contributed by atoms with Gasteiger partial charge in [-0.3, -0.25) is 4.79 Å². The lowest BCUT2D eigenvalue weighted by atomic mass is 9.97. The predicted octanol–water partition coefficient (Wildman–Crippen LogP) is 3.99. The minimum atomic E-state index is -0.628. The van der Waals surface area contributed by atoms with Gasteiger partial charge in [0.1, 0.15) is 23.4 Å². The van der Waals surface area contributed by atoms with Gasteiger partial charge in [-0.15, -0.1) is 0 Å². The van der Waals surface area contributed by atoms with E-state index in [1.807, 2.05) is 6.92 Å². The minimum absolute atomic E-state index is 0.113. The first-order valence-corrected chi connectivity index (χ1v) is 10.5. The van der Waals surface area contributed by atoms with Gasteiger partial charge in [0.15, 0.2) is 5.78 Å². The highest BCUT2D eigenvalue weighted by Crippen LogP contribution is 2.20. The Bertz CT molecular complexity index is 1010. The quantitative estimate of drug-likeness (QED) is 0.501. The van der Waals surface area contributed by atoms with E-state index in [2.05, 4.69) is 14.7 Å². The number of carbonyl (C=O) groups excluding carboxylic acids is 1. The molecule has 3 N–H and O–H groups in total. The Balaban J connectivity index is 1.75. The monoisotopic (exact) mass is 428 g/mol. The number of Topliss-reactive ketones (excluding diaryl/α,β-unsaturated/α-hetero) is 1. The molecule has 2 aromatic carbocycles. The van der Waals surface area contributed by atoms with E-state index in [9.17, 15) is 9.18 Å². The number of rotatable bonds is 9. The van der Waals surface area contributed by atoms with Crippen LogP contribution in [-0.2, 0) is 6.42 Å². The third kappa shape index (κ3) is 5.20. The van der Waals surface area contributed by atoms with Gasteiger partial charge in [-0.2, -0.15) is 4.37 Å². The number of aryl methyl sites for hydroxylation is 1. The van der Waals surface area contributed by atoms with E-state index >= 15 is 0 Å². The molecule has 0 amide bonds. The Labute approximate surface area is 179 Å². The number of ether oxygens (including phenoxy) is 1. The maximum atomic E-state index is 13.5. The molecular weight excluding hydrogens is 403 g/mol. The molecule has 0 aliphatic carbocycles. The summed E-state index contributed by atoms with van der Waals surface area (Å²) in [5, 5.41) is 3.69. The lowest BCUT2D eigenvalue weighted by Crippen LogP contribution is -2.45. The van der Waals surface area contributed by atoms with Crippen molar-refractivity contribution in [3.8, 4) is 5.75 Å². The fraction of sp³-hybridized carbons (Fsp3) is 0.318. The van der Waals surface area contributed by atoms with Crippen molar-refractivity contribution in [1.82, 2.24) is 9.36 Å². The highest BCUT2D eigenvalue weighted by Gasteiger charge is 2.27. The van der Waals surface area contributed by atoms with Crippen LogP contribution in [0.5, 0.6) is 5.75 Å². The zero-order valence-corrected chi connectivity index (χ0v) is 18.0. The number of carbonyl (C=O) groups is 1. The Morgan fingerprint density at radius 1 is 1.27 bits per heavy atom. The molecule has 3 aromatic rings. The van der Waals surface area contributed by atoms with E-state index in [1.54, 1.807) is 50.4 Å². The highest BCUT2D eigenvalue weighted by atomic mass is 32.1. The highest BCUT2D eigenvalue weighted by molar-refractivity contribution is 7.09. The molecule has 0 bridgehead atoms.